The maximum Gasteiger partial charge on any atom is 0.223 e. The van der Waals surface area contributed by atoms with Crippen LogP contribution < -0.4 is 10.2 Å². The average molecular weight is 435 g/mol. The lowest BCUT2D eigenvalue weighted by atomic mass is 9.90. The van der Waals surface area contributed by atoms with Crippen molar-refractivity contribution in [3.63, 3.8) is 0 Å². The Morgan fingerprint density at radius 3 is 2.53 bits per heavy atom. The van der Waals surface area contributed by atoms with E-state index in [1.807, 2.05) is 4.90 Å². The highest BCUT2D eigenvalue weighted by molar-refractivity contribution is 7.15. The summed E-state index contributed by atoms with van der Waals surface area (Å²) in [6, 6.07) is 3.27. The Labute approximate surface area is 177 Å². The zero-order chi connectivity index (χ0) is 21.3. The Balaban J connectivity index is 1.34. The molecule has 1 atom stereocenters. The van der Waals surface area contributed by atoms with Crippen LogP contribution in [0, 0.1) is 17.6 Å². The number of nitrogens with zero attached hydrogens (tertiary/aromatic N) is 3. The van der Waals surface area contributed by atoms with Crippen molar-refractivity contribution in [2.24, 2.45) is 5.92 Å². The van der Waals surface area contributed by atoms with E-state index in [1.54, 1.807) is 18.3 Å². The van der Waals surface area contributed by atoms with Gasteiger partial charge in [-0.25, -0.2) is 13.8 Å². The maximum atomic E-state index is 13.3. The first kappa shape index (κ1) is 20.7. The Morgan fingerprint density at radius 1 is 1.17 bits per heavy atom. The van der Waals surface area contributed by atoms with Gasteiger partial charge >= 0.3 is 0 Å². The number of hydrogen-bond donors (Lipinski definition) is 1. The van der Waals surface area contributed by atoms with Gasteiger partial charge in [0.15, 0.2) is 5.13 Å². The van der Waals surface area contributed by atoms with Gasteiger partial charge in [-0.05, 0) is 37.0 Å². The molecule has 1 N–H and O–H groups in total. The second kappa shape index (κ2) is 8.67. The molecule has 0 spiro atoms. The van der Waals surface area contributed by atoms with E-state index in [0.29, 0.717) is 31.5 Å². The van der Waals surface area contributed by atoms with Crippen molar-refractivity contribution in [3.05, 3.63) is 46.0 Å². The lowest BCUT2D eigenvalue weighted by Crippen LogP contribution is -2.48. The van der Waals surface area contributed by atoms with E-state index < -0.39 is 11.6 Å². The third kappa shape index (κ3) is 4.61. The molecule has 2 amide bonds. The molecule has 0 saturated carbocycles. The summed E-state index contributed by atoms with van der Waals surface area (Å²) in [7, 11) is 0. The van der Waals surface area contributed by atoms with Crippen molar-refractivity contribution < 1.29 is 18.4 Å². The summed E-state index contributed by atoms with van der Waals surface area (Å²) in [6.45, 7) is 4.62. The molecule has 0 bridgehead atoms. The topological polar surface area (TPSA) is 65.5 Å². The lowest BCUT2D eigenvalue weighted by molar-refractivity contribution is -0.129. The highest BCUT2D eigenvalue weighted by Crippen LogP contribution is 2.34. The van der Waals surface area contributed by atoms with Gasteiger partial charge in [-0.15, -0.1) is 11.3 Å². The van der Waals surface area contributed by atoms with Crippen LogP contribution in [0.4, 0.5) is 13.9 Å². The molecule has 1 saturated heterocycles. The molecule has 1 unspecified atom stereocenters. The molecular weight excluding hydrogens is 410 g/mol. The van der Waals surface area contributed by atoms with Crippen LogP contribution in [0.15, 0.2) is 18.2 Å². The molecule has 1 aliphatic heterocycles. The van der Waals surface area contributed by atoms with Gasteiger partial charge in [0.1, 0.15) is 11.6 Å². The van der Waals surface area contributed by atoms with E-state index >= 15 is 0 Å². The fraction of sp³-hybridized carbons (Fsp3) is 0.476. The molecule has 2 aromatic rings. The second-order valence-corrected chi connectivity index (χ2v) is 8.86. The van der Waals surface area contributed by atoms with E-state index in [2.05, 4.69) is 10.2 Å². The number of carbonyl (C=O) groups excluding carboxylic acids is 2. The quantitative estimate of drug-likeness (QED) is 0.803. The van der Waals surface area contributed by atoms with E-state index in [1.165, 1.54) is 12.1 Å². The summed E-state index contributed by atoms with van der Waals surface area (Å²) < 4.78 is 26.6. The molecule has 1 aromatic carbocycles. The molecule has 1 fully saturated rings. The molecule has 0 radical (unpaired) electrons. The number of benzene rings is 1. The third-order valence-corrected chi connectivity index (χ3v) is 6.86. The first-order valence-electron chi connectivity index (χ1n) is 10.1. The second-order valence-electron chi connectivity index (χ2n) is 7.79. The highest BCUT2D eigenvalue weighted by Gasteiger charge is 2.29. The molecule has 9 heteroatoms. The number of rotatable bonds is 4. The number of aromatic nitrogens is 1. The van der Waals surface area contributed by atoms with E-state index in [0.717, 1.165) is 41.3 Å². The number of thiazole rings is 1. The zero-order valence-electron chi connectivity index (χ0n) is 16.8. The summed E-state index contributed by atoms with van der Waals surface area (Å²) in [5, 5.41) is 3.76. The van der Waals surface area contributed by atoms with Crippen LogP contribution in [-0.2, 0) is 29.0 Å². The number of carbonyl (C=O) groups is 2. The molecule has 2 heterocycles. The first-order valence-corrected chi connectivity index (χ1v) is 10.9. The van der Waals surface area contributed by atoms with Gasteiger partial charge in [0.25, 0.3) is 0 Å². The van der Waals surface area contributed by atoms with Crippen LogP contribution >= 0.6 is 11.3 Å². The van der Waals surface area contributed by atoms with Gasteiger partial charge < -0.3 is 15.1 Å². The van der Waals surface area contributed by atoms with Crippen LogP contribution in [0.1, 0.15) is 29.5 Å². The van der Waals surface area contributed by atoms with E-state index in [4.69, 9.17) is 4.98 Å². The number of anilines is 1. The highest BCUT2D eigenvalue weighted by atomic mass is 32.1. The first-order chi connectivity index (χ1) is 14.4. The molecular formula is C21H24F2N4O2S. The summed E-state index contributed by atoms with van der Waals surface area (Å²) in [5.41, 5.74) is 1.46. The van der Waals surface area contributed by atoms with Gasteiger partial charge in [0.05, 0.1) is 5.69 Å². The SMILES string of the molecule is CC(=O)N1CCN(c2nc3c(s2)CC(C(=O)NCc2cc(F)cc(F)c2)CC3)CC1. The fourth-order valence-electron chi connectivity index (χ4n) is 3.98. The van der Waals surface area contributed by atoms with Crippen LogP contribution in [0.5, 0.6) is 0 Å². The number of nitrogens with one attached hydrogen (secondary N) is 1. The van der Waals surface area contributed by atoms with E-state index in [-0.39, 0.29) is 24.3 Å². The fourth-order valence-corrected chi connectivity index (χ4v) is 5.22. The van der Waals surface area contributed by atoms with Crippen molar-refractivity contribution in [1.29, 1.82) is 0 Å². The Hall–Kier alpha value is -2.55. The summed E-state index contributed by atoms with van der Waals surface area (Å²) in [4.78, 5) is 34.0. The predicted molar refractivity (Wildman–Crippen MR) is 110 cm³/mol. The predicted octanol–water partition coefficient (Wildman–Crippen LogP) is 2.51. The van der Waals surface area contributed by atoms with E-state index in [9.17, 15) is 18.4 Å². The Bertz CT molecular complexity index is 936. The van der Waals surface area contributed by atoms with Crippen LogP contribution in [0.3, 0.4) is 0 Å². The number of halogens is 2. The molecule has 160 valence electrons. The van der Waals surface area contributed by atoms with Crippen molar-refractivity contribution in [1.82, 2.24) is 15.2 Å². The number of piperazine rings is 1. The van der Waals surface area contributed by atoms with Crippen LogP contribution in [0.25, 0.3) is 0 Å². The number of aryl methyl sites for hydroxylation is 1. The minimum absolute atomic E-state index is 0.0999. The largest absolute Gasteiger partial charge is 0.352 e. The van der Waals surface area contributed by atoms with Gasteiger partial charge in [0.2, 0.25) is 11.8 Å². The molecule has 4 rings (SSSR count). The average Bonchev–Trinajstić information content (AvgIpc) is 3.14. The number of fused-ring (bicyclic) bond motifs is 1. The Morgan fingerprint density at radius 2 is 1.87 bits per heavy atom. The van der Waals surface area contributed by atoms with Crippen LogP contribution in [0.2, 0.25) is 0 Å². The van der Waals surface area contributed by atoms with Crippen molar-refractivity contribution in [3.8, 4) is 0 Å². The van der Waals surface area contributed by atoms with Gasteiger partial charge in [0, 0.05) is 56.5 Å². The molecule has 6 nitrogen and oxygen atoms in total. The normalized spacial score (nSPS) is 18.8. The van der Waals surface area contributed by atoms with Crippen molar-refractivity contribution in [2.45, 2.75) is 32.7 Å². The van der Waals surface area contributed by atoms with Crippen molar-refractivity contribution in [2.75, 3.05) is 31.1 Å². The van der Waals surface area contributed by atoms with Gasteiger partial charge in [-0.1, -0.05) is 0 Å². The number of hydrogen-bond acceptors (Lipinski definition) is 5. The molecule has 1 aromatic heterocycles. The maximum absolute atomic E-state index is 13.3. The zero-order valence-corrected chi connectivity index (χ0v) is 17.6. The van der Waals surface area contributed by atoms with Crippen LogP contribution in [-0.4, -0.2) is 47.9 Å². The van der Waals surface area contributed by atoms with Crippen molar-refractivity contribution >= 4 is 28.3 Å². The minimum atomic E-state index is -0.650. The molecule has 30 heavy (non-hydrogen) atoms. The third-order valence-electron chi connectivity index (χ3n) is 5.68. The standard InChI is InChI=1S/C21H24F2N4O2S/c1-13(28)26-4-6-27(7-5-26)21-25-18-3-2-15(10-19(18)30-21)20(29)24-12-14-8-16(22)11-17(23)9-14/h8-9,11,15H,2-7,10,12H2,1H3,(H,24,29). The smallest absolute Gasteiger partial charge is 0.223 e. The Kier molecular flexibility index (Phi) is 5.99. The minimum Gasteiger partial charge on any atom is -0.352 e. The lowest BCUT2D eigenvalue weighted by Gasteiger charge is -2.33. The monoisotopic (exact) mass is 434 g/mol. The molecule has 2 aliphatic rings. The summed E-state index contributed by atoms with van der Waals surface area (Å²) >= 11 is 1.62. The van der Waals surface area contributed by atoms with Gasteiger partial charge in [-0.2, -0.15) is 0 Å². The number of amides is 2. The summed E-state index contributed by atoms with van der Waals surface area (Å²) in [5.74, 6) is -1.47. The molecule has 1 aliphatic carbocycles. The summed E-state index contributed by atoms with van der Waals surface area (Å²) in [6.07, 6.45) is 2.08. The van der Waals surface area contributed by atoms with Gasteiger partial charge in [-0.3, -0.25) is 9.59 Å².